The van der Waals surface area contributed by atoms with Crippen LogP contribution in [0.15, 0.2) is 23.1 Å². The lowest BCUT2D eigenvalue weighted by atomic mass is 10.2. The zero-order valence-electron chi connectivity index (χ0n) is 5.75. The Balaban J connectivity index is 3.06. The Labute approximate surface area is 68.4 Å². The van der Waals surface area contributed by atoms with E-state index in [1.165, 1.54) is 12.1 Å². The molecule has 3 N–H and O–H groups in total. The van der Waals surface area contributed by atoms with Gasteiger partial charge in [-0.05, 0) is 35.7 Å². The molecule has 1 rings (SSSR count). The summed E-state index contributed by atoms with van der Waals surface area (Å²) in [6, 6.07) is 4.13. The lowest BCUT2D eigenvalue weighted by molar-refractivity contribution is 0.278. The molecule has 0 heterocycles. The van der Waals surface area contributed by atoms with Gasteiger partial charge in [-0.15, -0.1) is 0 Å². The molecule has 0 saturated carbocycles. The van der Waals surface area contributed by atoms with E-state index >= 15 is 0 Å². The summed E-state index contributed by atoms with van der Waals surface area (Å²) in [6.07, 6.45) is 0. The van der Waals surface area contributed by atoms with E-state index in [1.54, 1.807) is 6.07 Å². The van der Waals surface area contributed by atoms with E-state index in [-0.39, 0.29) is 12.4 Å². The molecule has 11 heavy (non-hydrogen) atoms. The number of hydrogen-bond acceptors (Lipinski definition) is 3. The van der Waals surface area contributed by atoms with Gasteiger partial charge in [0.2, 0.25) is 0 Å². The van der Waals surface area contributed by atoms with Gasteiger partial charge < -0.3 is 5.11 Å². The van der Waals surface area contributed by atoms with Crippen molar-refractivity contribution in [3.63, 3.8) is 0 Å². The minimum Gasteiger partial charge on any atom is -0.392 e. The van der Waals surface area contributed by atoms with Crippen LogP contribution in [0.3, 0.4) is 0 Å². The van der Waals surface area contributed by atoms with Crippen LogP contribution in [0.1, 0.15) is 5.56 Å². The zero-order chi connectivity index (χ0) is 8.27. The smallest absolute Gasteiger partial charge is 0.123 e. The van der Waals surface area contributed by atoms with Gasteiger partial charge in [0.1, 0.15) is 5.82 Å². The maximum absolute atomic E-state index is 12.5. The third-order valence-electron chi connectivity index (χ3n) is 1.32. The first-order valence-electron chi connectivity index (χ1n) is 3.04. The van der Waals surface area contributed by atoms with Gasteiger partial charge >= 0.3 is 0 Å². The van der Waals surface area contributed by atoms with E-state index in [4.69, 9.17) is 10.2 Å². The highest BCUT2D eigenvalue weighted by molar-refractivity contribution is 7.97. The summed E-state index contributed by atoms with van der Waals surface area (Å²) in [7, 11) is 0. The maximum atomic E-state index is 12.5. The van der Waals surface area contributed by atoms with E-state index in [2.05, 4.69) is 0 Å². The van der Waals surface area contributed by atoms with E-state index < -0.39 is 0 Å². The summed E-state index contributed by atoms with van der Waals surface area (Å²) in [5, 5.41) is 14.0. The molecule has 0 aliphatic carbocycles. The fraction of sp³-hybridized carbons (Fsp3) is 0.143. The Morgan fingerprint density at radius 1 is 1.55 bits per heavy atom. The van der Waals surface area contributed by atoms with Crippen molar-refractivity contribution in [1.82, 2.24) is 0 Å². The first-order valence-corrected chi connectivity index (χ1v) is 3.92. The Hall–Kier alpha value is -0.580. The second-order valence-electron chi connectivity index (χ2n) is 2.03. The zero-order valence-corrected chi connectivity index (χ0v) is 6.57. The third-order valence-corrected chi connectivity index (χ3v) is 1.97. The van der Waals surface area contributed by atoms with Crippen molar-refractivity contribution in [3.05, 3.63) is 29.6 Å². The number of hydrogen-bond donors (Lipinski definition) is 2. The van der Waals surface area contributed by atoms with Crippen LogP contribution < -0.4 is 5.14 Å². The molecule has 0 aromatic heterocycles. The number of nitrogens with two attached hydrogens (primary N) is 1. The van der Waals surface area contributed by atoms with Crippen molar-refractivity contribution in [3.8, 4) is 0 Å². The summed E-state index contributed by atoms with van der Waals surface area (Å²) in [6.45, 7) is -0.183. The third kappa shape index (κ3) is 1.92. The molecule has 60 valence electrons. The first kappa shape index (κ1) is 8.52. The molecule has 2 nitrogen and oxygen atoms in total. The van der Waals surface area contributed by atoms with Crippen LogP contribution in [-0.4, -0.2) is 5.11 Å². The molecule has 4 heteroatoms. The number of rotatable bonds is 2. The molecule has 0 amide bonds. The average Bonchev–Trinajstić information content (AvgIpc) is 2.04. The molecule has 1 aromatic carbocycles. The van der Waals surface area contributed by atoms with Gasteiger partial charge in [0.15, 0.2) is 0 Å². The van der Waals surface area contributed by atoms with Crippen LogP contribution >= 0.6 is 11.9 Å². The van der Waals surface area contributed by atoms with E-state index in [9.17, 15) is 4.39 Å². The van der Waals surface area contributed by atoms with Crippen molar-refractivity contribution in [2.45, 2.75) is 11.5 Å². The van der Waals surface area contributed by atoms with Crippen molar-refractivity contribution >= 4 is 11.9 Å². The fourth-order valence-corrected chi connectivity index (χ4v) is 1.21. The monoisotopic (exact) mass is 173 g/mol. The fourth-order valence-electron chi connectivity index (χ4n) is 0.787. The van der Waals surface area contributed by atoms with Crippen LogP contribution in [0.4, 0.5) is 4.39 Å². The molecule has 0 bridgehead atoms. The van der Waals surface area contributed by atoms with Gasteiger partial charge in [0, 0.05) is 4.90 Å². The Bertz CT molecular complexity index is 254. The molecule has 0 radical (unpaired) electrons. The number of aliphatic hydroxyl groups is 1. The van der Waals surface area contributed by atoms with Gasteiger partial charge in [-0.2, -0.15) is 0 Å². The molecule has 0 aliphatic rings. The lowest BCUT2D eigenvalue weighted by Gasteiger charge is -2.02. The molecular weight excluding hydrogens is 165 g/mol. The number of halogens is 1. The SMILES string of the molecule is NSc1ccc(F)cc1CO. The van der Waals surface area contributed by atoms with Crippen LogP contribution in [0, 0.1) is 5.82 Å². The van der Waals surface area contributed by atoms with Gasteiger partial charge in [-0.1, -0.05) is 0 Å². The summed E-state index contributed by atoms with van der Waals surface area (Å²) < 4.78 is 12.5. The summed E-state index contributed by atoms with van der Waals surface area (Å²) >= 11 is 1.00. The minimum absolute atomic E-state index is 0.183. The van der Waals surface area contributed by atoms with E-state index in [0.717, 1.165) is 11.9 Å². The summed E-state index contributed by atoms with van der Waals surface area (Å²) in [4.78, 5) is 0.703. The van der Waals surface area contributed by atoms with Gasteiger partial charge in [-0.25, -0.2) is 4.39 Å². The molecule has 0 unspecified atom stereocenters. The summed E-state index contributed by atoms with van der Waals surface area (Å²) in [5.41, 5.74) is 0.525. The predicted octanol–water partition coefficient (Wildman–Crippen LogP) is 1.28. The molecule has 0 aliphatic heterocycles. The standard InChI is InChI=1S/C7H8FNOS/c8-6-1-2-7(11-9)5(3-6)4-10/h1-3,10H,4,9H2. The predicted molar refractivity (Wildman–Crippen MR) is 42.4 cm³/mol. The quantitative estimate of drug-likeness (QED) is 0.662. The second-order valence-corrected chi connectivity index (χ2v) is 2.70. The first-order chi connectivity index (χ1) is 5.27. The van der Waals surface area contributed by atoms with Gasteiger partial charge in [0.25, 0.3) is 0 Å². The van der Waals surface area contributed by atoms with Crippen molar-refractivity contribution in [1.29, 1.82) is 0 Å². The van der Waals surface area contributed by atoms with Crippen molar-refractivity contribution in [2.75, 3.05) is 0 Å². The highest BCUT2D eigenvalue weighted by atomic mass is 32.2. The minimum atomic E-state index is -0.355. The second kappa shape index (κ2) is 3.71. The molecule has 0 saturated heterocycles. The Kier molecular flexibility index (Phi) is 2.87. The van der Waals surface area contributed by atoms with E-state index in [0.29, 0.717) is 10.5 Å². The highest BCUT2D eigenvalue weighted by Crippen LogP contribution is 2.18. The molecular formula is C7H8FNOS. The normalized spacial score (nSPS) is 10.1. The van der Waals surface area contributed by atoms with E-state index in [1.807, 2.05) is 0 Å². The molecule has 1 aromatic rings. The van der Waals surface area contributed by atoms with Crippen LogP contribution in [0.5, 0.6) is 0 Å². The van der Waals surface area contributed by atoms with Crippen LogP contribution in [0.25, 0.3) is 0 Å². The molecule has 0 atom stereocenters. The van der Waals surface area contributed by atoms with Crippen LogP contribution in [0.2, 0.25) is 0 Å². The average molecular weight is 173 g/mol. The molecule has 0 spiro atoms. The van der Waals surface area contributed by atoms with Crippen LogP contribution in [-0.2, 0) is 6.61 Å². The maximum Gasteiger partial charge on any atom is 0.123 e. The number of benzene rings is 1. The highest BCUT2D eigenvalue weighted by Gasteiger charge is 2.01. The van der Waals surface area contributed by atoms with Gasteiger partial charge in [-0.3, -0.25) is 5.14 Å². The Morgan fingerprint density at radius 2 is 2.27 bits per heavy atom. The molecule has 0 fully saturated rings. The topological polar surface area (TPSA) is 46.2 Å². The van der Waals surface area contributed by atoms with Gasteiger partial charge in [0.05, 0.1) is 6.61 Å². The number of aliphatic hydroxyl groups excluding tert-OH is 1. The largest absolute Gasteiger partial charge is 0.392 e. The lowest BCUT2D eigenvalue weighted by Crippen LogP contribution is -1.91. The Morgan fingerprint density at radius 3 is 2.82 bits per heavy atom. The van der Waals surface area contributed by atoms with Crippen molar-refractivity contribution in [2.24, 2.45) is 5.14 Å². The van der Waals surface area contributed by atoms with Crippen molar-refractivity contribution < 1.29 is 9.50 Å². The summed E-state index contributed by atoms with van der Waals surface area (Å²) in [5.74, 6) is -0.355.